The first kappa shape index (κ1) is 18.7. The van der Waals surface area contributed by atoms with Crippen LogP contribution in [0.1, 0.15) is 47.0 Å². The van der Waals surface area contributed by atoms with Crippen LogP contribution in [-0.2, 0) is 4.79 Å². The third-order valence-electron chi connectivity index (χ3n) is 3.76. The number of rotatable bonds is 6. The number of carbonyl (C=O) groups excluding carboxylic acids is 1. The van der Waals surface area contributed by atoms with E-state index >= 15 is 0 Å². The fourth-order valence-electron chi connectivity index (χ4n) is 3.01. The van der Waals surface area contributed by atoms with Gasteiger partial charge in [-0.05, 0) is 37.1 Å². The molecule has 0 aromatic heterocycles. The summed E-state index contributed by atoms with van der Waals surface area (Å²) in [6.45, 7) is 11.1. The van der Waals surface area contributed by atoms with E-state index in [1.54, 1.807) is 0 Å². The fourth-order valence-corrected chi connectivity index (χ4v) is 3.01. The topological polar surface area (TPSA) is 46.3 Å². The molecule has 1 amide bonds. The van der Waals surface area contributed by atoms with Crippen molar-refractivity contribution in [3.05, 3.63) is 0 Å². The van der Waals surface area contributed by atoms with Crippen LogP contribution in [0.4, 0.5) is 0 Å². The Morgan fingerprint density at radius 2 is 1.68 bits per heavy atom. The molecule has 0 unspecified atom stereocenters. The number of carbonyl (C=O) groups is 1. The molecule has 4 heteroatoms. The lowest BCUT2D eigenvalue weighted by Crippen LogP contribution is -2.42. The van der Waals surface area contributed by atoms with Crippen LogP contribution in [0.25, 0.3) is 0 Å². The minimum Gasteiger partial charge on any atom is -0.342 e. The molecular weight excluding hydrogens is 260 g/mol. The van der Waals surface area contributed by atoms with Gasteiger partial charge in [-0.3, -0.25) is 4.79 Å². The Morgan fingerprint density at radius 3 is 2.11 bits per heavy atom. The van der Waals surface area contributed by atoms with Gasteiger partial charge in [-0.25, -0.2) is 0 Å². The van der Waals surface area contributed by atoms with Crippen molar-refractivity contribution in [1.82, 2.24) is 4.90 Å². The molecule has 1 fully saturated rings. The molecule has 3 nitrogen and oxygen atoms in total. The Bertz CT molecular complexity index is 259. The molecule has 1 aliphatic carbocycles. The summed E-state index contributed by atoms with van der Waals surface area (Å²) in [7, 11) is 0. The molecule has 0 saturated heterocycles. The zero-order valence-corrected chi connectivity index (χ0v) is 13.7. The molecule has 0 radical (unpaired) electrons. The van der Waals surface area contributed by atoms with Crippen LogP contribution < -0.4 is 5.73 Å². The van der Waals surface area contributed by atoms with Crippen LogP contribution >= 0.6 is 12.4 Å². The second-order valence-corrected chi connectivity index (χ2v) is 6.56. The molecule has 2 atom stereocenters. The number of amides is 1. The smallest absolute Gasteiger partial charge is 0.226 e. The summed E-state index contributed by atoms with van der Waals surface area (Å²) in [4.78, 5) is 14.7. The van der Waals surface area contributed by atoms with Crippen molar-refractivity contribution >= 4 is 18.3 Å². The van der Waals surface area contributed by atoms with Gasteiger partial charge in [0.1, 0.15) is 0 Å². The first-order valence-corrected chi connectivity index (χ1v) is 7.44. The van der Waals surface area contributed by atoms with Crippen molar-refractivity contribution in [3.8, 4) is 0 Å². The summed E-state index contributed by atoms with van der Waals surface area (Å²) in [6, 6.07) is 0. The number of nitrogens with two attached hydrogens (primary N) is 1. The van der Waals surface area contributed by atoms with E-state index in [0.717, 1.165) is 32.4 Å². The lowest BCUT2D eigenvalue weighted by molar-refractivity contribution is -0.137. The van der Waals surface area contributed by atoms with Crippen molar-refractivity contribution in [3.63, 3.8) is 0 Å². The highest BCUT2D eigenvalue weighted by molar-refractivity contribution is 5.85. The molecule has 1 aliphatic rings. The average molecular weight is 291 g/mol. The van der Waals surface area contributed by atoms with Gasteiger partial charge in [-0.15, -0.1) is 12.4 Å². The van der Waals surface area contributed by atoms with Gasteiger partial charge in [0.15, 0.2) is 0 Å². The molecule has 0 spiro atoms. The second kappa shape index (κ2) is 8.80. The van der Waals surface area contributed by atoms with E-state index in [1.165, 1.54) is 0 Å². The van der Waals surface area contributed by atoms with Crippen LogP contribution in [0.5, 0.6) is 0 Å². The van der Waals surface area contributed by atoms with Gasteiger partial charge in [0.05, 0.1) is 0 Å². The van der Waals surface area contributed by atoms with Crippen molar-refractivity contribution < 1.29 is 4.79 Å². The summed E-state index contributed by atoms with van der Waals surface area (Å²) < 4.78 is 0. The number of hydrogen-bond acceptors (Lipinski definition) is 2. The molecule has 2 N–H and O–H groups in total. The Hall–Kier alpha value is -0.280. The van der Waals surface area contributed by atoms with E-state index in [2.05, 4.69) is 32.6 Å². The maximum absolute atomic E-state index is 12.7. The van der Waals surface area contributed by atoms with Crippen molar-refractivity contribution in [2.75, 3.05) is 19.6 Å². The molecule has 0 bridgehead atoms. The number of hydrogen-bond donors (Lipinski definition) is 1. The first-order valence-electron chi connectivity index (χ1n) is 7.44. The van der Waals surface area contributed by atoms with Crippen LogP contribution in [0.2, 0.25) is 0 Å². The Balaban J connectivity index is 0.00000324. The minimum absolute atomic E-state index is 0. The standard InChI is InChI=1S/C15H30N2O.ClH/c1-11(2)9-17(10-12(3)4)15(18)14-7-5-6-13(14)8-16;/h11-14H,5-10,16H2,1-4H3;1H/t13-,14-;/m1./s1. The van der Waals surface area contributed by atoms with Gasteiger partial charge in [-0.2, -0.15) is 0 Å². The third-order valence-corrected chi connectivity index (χ3v) is 3.76. The molecule has 1 rings (SSSR count). The lowest BCUT2D eigenvalue weighted by Gasteiger charge is -2.30. The highest BCUT2D eigenvalue weighted by Gasteiger charge is 2.34. The van der Waals surface area contributed by atoms with Gasteiger partial charge < -0.3 is 10.6 Å². The molecule has 1 saturated carbocycles. The minimum atomic E-state index is 0. The zero-order valence-electron chi connectivity index (χ0n) is 12.9. The van der Waals surface area contributed by atoms with E-state index < -0.39 is 0 Å². The monoisotopic (exact) mass is 290 g/mol. The second-order valence-electron chi connectivity index (χ2n) is 6.56. The Kier molecular flexibility index (Phi) is 8.67. The normalized spacial score (nSPS) is 22.7. The SMILES string of the molecule is CC(C)CN(CC(C)C)C(=O)[C@@H]1CCC[C@@H]1CN.Cl. The van der Waals surface area contributed by atoms with Gasteiger partial charge >= 0.3 is 0 Å². The maximum Gasteiger partial charge on any atom is 0.226 e. The maximum atomic E-state index is 12.7. The van der Waals surface area contributed by atoms with Gasteiger partial charge in [0.25, 0.3) is 0 Å². The fraction of sp³-hybridized carbons (Fsp3) is 0.933. The van der Waals surface area contributed by atoms with Gasteiger partial charge in [0, 0.05) is 19.0 Å². The van der Waals surface area contributed by atoms with Crippen molar-refractivity contribution in [2.24, 2.45) is 29.4 Å². The summed E-state index contributed by atoms with van der Waals surface area (Å²) in [5.41, 5.74) is 5.79. The largest absolute Gasteiger partial charge is 0.342 e. The highest BCUT2D eigenvalue weighted by atomic mass is 35.5. The van der Waals surface area contributed by atoms with Crippen molar-refractivity contribution in [2.45, 2.75) is 47.0 Å². The third kappa shape index (κ3) is 5.70. The van der Waals surface area contributed by atoms with E-state index in [1.807, 2.05) is 0 Å². The van der Waals surface area contributed by atoms with Crippen LogP contribution in [-0.4, -0.2) is 30.4 Å². The van der Waals surface area contributed by atoms with E-state index in [0.29, 0.717) is 30.2 Å². The predicted molar refractivity (Wildman–Crippen MR) is 83.4 cm³/mol. The quantitative estimate of drug-likeness (QED) is 0.817. The predicted octanol–water partition coefficient (Wildman–Crippen LogP) is 2.92. The van der Waals surface area contributed by atoms with Crippen LogP contribution in [0.15, 0.2) is 0 Å². The summed E-state index contributed by atoms with van der Waals surface area (Å²) in [6.07, 6.45) is 3.33. The molecular formula is C15H31ClN2O. The van der Waals surface area contributed by atoms with Gasteiger partial charge in [0.2, 0.25) is 5.91 Å². The Labute approximate surface area is 124 Å². The van der Waals surface area contributed by atoms with Gasteiger partial charge in [-0.1, -0.05) is 34.1 Å². The van der Waals surface area contributed by atoms with Crippen LogP contribution in [0, 0.1) is 23.7 Å². The molecule has 114 valence electrons. The first-order chi connectivity index (χ1) is 8.45. The van der Waals surface area contributed by atoms with Crippen molar-refractivity contribution in [1.29, 1.82) is 0 Å². The molecule has 0 aromatic rings. The summed E-state index contributed by atoms with van der Waals surface area (Å²) >= 11 is 0. The molecule has 0 aliphatic heterocycles. The molecule has 19 heavy (non-hydrogen) atoms. The highest BCUT2D eigenvalue weighted by Crippen LogP contribution is 2.32. The van der Waals surface area contributed by atoms with Crippen LogP contribution in [0.3, 0.4) is 0 Å². The summed E-state index contributed by atoms with van der Waals surface area (Å²) in [5.74, 6) is 2.02. The summed E-state index contributed by atoms with van der Waals surface area (Å²) in [5, 5.41) is 0. The number of halogens is 1. The Morgan fingerprint density at radius 1 is 1.16 bits per heavy atom. The molecule has 0 aromatic carbocycles. The average Bonchev–Trinajstić information content (AvgIpc) is 2.73. The zero-order chi connectivity index (χ0) is 13.7. The number of nitrogens with zero attached hydrogens (tertiary/aromatic N) is 1. The molecule has 0 heterocycles. The van der Waals surface area contributed by atoms with E-state index in [4.69, 9.17) is 5.73 Å². The van der Waals surface area contributed by atoms with E-state index in [9.17, 15) is 4.79 Å². The lowest BCUT2D eigenvalue weighted by atomic mass is 9.94. The van der Waals surface area contributed by atoms with E-state index in [-0.39, 0.29) is 18.3 Å².